The summed E-state index contributed by atoms with van der Waals surface area (Å²) in [4.78, 5) is 14.7. The van der Waals surface area contributed by atoms with Gasteiger partial charge < -0.3 is 9.64 Å². The third kappa shape index (κ3) is 5.62. The van der Waals surface area contributed by atoms with Crippen molar-refractivity contribution in [2.24, 2.45) is 0 Å². The molecular weight excluding hydrogens is 440 g/mol. The van der Waals surface area contributed by atoms with Gasteiger partial charge in [-0.25, -0.2) is 12.8 Å². The summed E-state index contributed by atoms with van der Waals surface area (Å²) in [5.41, 5.74) is 0.695. The zero-order valence-electron chi connectivity index (χ0n) is 15.6. The smallest absolute Gasteiger partial charge is 0.263 e. The number of carbonyl (C=O) groups excluding carboxylic acids is 1. The van der Waals surface area contributed by atoms with Crippen molar-refractivity contribution in [3.63, 3.8) is 0 Å². The molecule has 0 radical (unpaired) electrons. The predicted molar refractivity (Wildman–Crippen MR) is 111 cm³/mol. The number of ether oxygens (including phenoxy) is 1. The molecule has 2 atom stereocenters. The lowest BCUT2D eigenvalue weighted by atomic mass is 10.1. The van der Waals surface area contributed by atoms with Gasteiger partial charge in [-0.05, 0) is 49.2 Å². The van der Waals surface area contributed by atoms with E-state index in [0.29, 0.717) is 22.8 Å². The maximum atomic E-state index is 13.2. The first-order valence-electron chi connectivity index (χ1n) is 9.02. The Bertz CT molecular complexity index is 998. The zero-order valence-corrected chi connectivity index (χ0v) is 18.0. The van der Waals surface area contributed by atoms with Crippen LogP contribution in [0.5, 0.6) is 5.75 Å². The van der Waals surface area contributed by atoms with Gasteiger partial charge in [0.25, 0.3) is 5.91 Å². The van der Waals surface area contributed by atoms with Crippen LogP contribution < -0.4 is 4.74 Å². The monoisotopic (exact) mass is 459 g/mol. The van der Waals surface area contributed by atoms with Crippen molar-refractivity contribution >= 4 is 38.9 Å². The second-order valence-corrected chi connectivity index (χ2v) is 10.1. The molecule has 0 bridgehead atoms. The number of rotatable bonds is 6. The third-order valence-corrected chi connectivity index (χ3v) is 7.02. The van der Waals surface area contributed by atoms with Crippen LogP contribution in [-0.2, 0) is 21.2 Å². The highest BCUT2D eigenvalue weighted by Gasteiger charge is 2.36. The van der Waals surface area contributed by atoms with Gasteiger partial charge in [0.1, 0.15) is 11.6 Å². The molecule has 0 spiro atoms. The molecule has 1 aliphatic rings. The van der Waals surface area contributed by atoms with Crippen molar-refractivity contribution in [3.8, 4) is 5.75 Å². The molecule has 2 aromatic carbocycles. The number of hydrogen-bond acceptors (Lipinski definition) is 4. The fourth-order valence-electron chi connectivity index (χ4n) is 3.24. The number of carbonyl (C=O) groups is 1. The van der Waals surface area contributed by atoms with E-state index in [1.165, 1.54) is 23.1 Å². The maximum Gasteiger partial charge on any atom is 0.263 e. The van der Waals surface area contributed by atoms with E-state index >= 15 is 0 Å². The number of nitrogens with zero attached hydrogens (tertiary/aromatic N) is 1. The Kier molecular flexibility index (Phi) is 6.71. The molecule has 1 amide bonds. The zero-order chi connectivity index (χ0) is 21.2. The van der Waals surface area contributed by atoms with Crippen LogP contribution in [0.15, 0.2) is 42.5 Å². The molecule has 2 aromatic rings. The lowest BCUT2D eigenvalue weighted by Crippen LogP contribution is -2.46. The minimum Gasteiger partial charge on any atom is -0.479 e. The van der Waals surface area contributed by atoms with Gasteiger partial charge in [0, 0.05) is 17.6 Å². The second-order valence-electron chi connectivity index (χ2n) is 6.98. The molecule has 0 aromatic heterocycles. The summed E-state index contributed by atoms with van der Waals surface area (Å²) < 4.78 is 42.8. The fourth-order valence-corrected chi connectivity index (χ4v) is 5.42. The Morgan fingerprint density at radius 2 is 1.93 bits per heavy atom. The largest absolute Gasteiger partial charge is 0.479 e. The van der Waals surface area contributed by atoms with Gasteiger partial charge >= 0.3 is 0 Å². The summed E-state index contributed by atoms with van der Waals surface area (Å²) in [6.07, 6.45) is -0.554. The fraction of sp³-hybridized carbons (Fsp3) is 0.350. The van der Waals surface area contributed by atoms with E-state index in [0.717, 1.165) is 0 Å². The standard InChI is InChI=1S/C20H20Cl2FNO4S/c1-13(28-19-7-4-15(21)10-18(19)22)20(25)24(17-8-9-29(26,27)12-17)11-14-2-5-16(23)6-3-14/h2-7,10,13,17H,8-9,11-12H2,1H3. The van der Waals surface area contributed by atoms with Gasteiger partial charge in [-0.3, -0.25) is 4.79 Å². The van der Waals surface area contributed by atoms with E-state index in [-0.39, 0.29) is 34.8 Å². The number of sulfone groups is 1. The number of hydrogen-bond donors (Lipinski definition) is 0. The predicted octanol–water partition coefficient (Wildman–Crippen LogP) is 4.12. The average molecular weight is 460 g/mol. The maximum absolute atomic E-state index is 13.2. The highest BCUT2D eigenvalue weighted by atomic mass is 35.5. The number of benzene rings is 2. The van der Waals surface area contributed by atoms with Crippen LogP contribution in [0.4, 0.5) is 4.39 Å². The SMILES string of the molecule is CC(Oc1ccc(Cl)cc1Cl)C(=O)N(Cc1ccc(F)cc1)C1CCS(=O)(=O)C1. The van der Waals surface area contributed by atoms with E-state index in [2.05, 4.69) is 0 Å². The topological polar surface area (TPSA) is 63.7 Å². The molecule has 29 heavy (non-hydrogen) atoms. The lowest BCUT2D eigenvalue weighted by Gasteiger charge is -2.31. The molecular formula is C20H20Cl2FNO4S. The van der Waals surface area contributed by atoms with E-state index in [9.17, 15) is 17.6 Å². The minimum absolute atomic E-state index is 0.0309. The molecule has 2 unspecified atom stereocenters. The first-order chi connectivity index (χ1) is 13.6. The van der Waals surface area contributed by atoms with Gasteiger partial charge in [0.15, 0.2) is 15.9 Å². The molecule has 3 rings (SSSR count). The van der Waals surface area contributed by atoms with Crippen molar-refractivity contribution in [2.75, 3.05) is 11.5 Å². The van der Waals surface area contributed by atoms with Crippen molar-refractivity contribution in [3.05, 3.63) is 63.9 Å². The molecule has 5 nitrogen and oxygen atoms in total. The third-order valence-electron chi connectivity index (χ3n) is 4.74. The molecule has 156 valence electrons. The average Bonchev–Trinajstić information content (AvgIpc) is 3.02. The van der Waals surface area contributed by atoms with Gasteiger partial charge in [0.2, 0.25) is 0 Å². The van der Waals surface area contributed by atoms with E-state index in [1.54, 1.807) is 31.2 Å². The molecule has 1 heterocycles. The van der Waals surface area contributed by atoms with Crippen LogP contribution in [-0.4, -0.2) is 42.9 Å². The van der Waals surface area contributed by atoms with E-state index in [4.69, 9.17) is 27.9 Å². The highest BCUT2D eigenvalue weighted by molar-refractivity contribution is 7.91. The van der Waals surface area contributed by atoms with Gasteiger partial charge in [-0.1, -0.05) is 35.3 Å². The summed E-state index contributed by atoms with van der Waals surface area (Å²) in [7, 11) is -3.20. The van der Waals surface area contributed by atoms with Crippen molar-refractivity contribution in [2.45, 2.75) is 32.0 Å². The highest BCUT2D eigenvalue weighted by Crippen LogP contribution is 2.29. The minimum atomic E-state index is -3.20. The van der Waals surface area contributed by atoms with Crippen LogP contribution in [0, 0.1) is 5.82 Å². The van der Waals surface area contributed by atoms with Gasteiger partial charge in [-0.15, -0.1) is 0 Å². The van der Waals surface area contributed by atoms with Crippen LogP contribution >= 0.6 is 23.2 Å². The van der Waals surface area contributed by atoms with Crippen molar-refractivity contribution in [1.82, 2.24) is 4.90 Å². The van der Waals surface area contributed by atoms with Crippen molar-refractivity contribution < 1.29 is 22.3 Å². The molecule has 9 heteroatoms. The molecule has 1 saturated heterocycles. The Morgan fingerprint density at radius 3 is 2.52 bits per heavy atom. The summed E-state index contributed by atoms with van der Waals surface area (Å²) in [5.74, 6) is -0.526. The molecule has 1 aliphatic heterocycles. The summed E-state index contributed by atoms with van der Waals surface area (Å²) in [5, 5.41) is 0.709. The Labute approximate surface area is 179 Å². The molecule has 0 saturated carbocycles. The van der Waals surface area contributed by atoms with E-state index in [1.807, 2.05) is 0 Å². The summed E-state index contributed by atoms with van der Waals surface area (Å²) in [6, 6.07) is 9.95. The second kappa shape index (κ2) is 8.90. The first kappa shape index (κ1) is 21.9. The Balaban J connectivity index is 1.81. The van der Waals surface area contributed by atoms with E-state index < -0.39 is 22.0 Å². The van der Waals surface area contributed by atoms with Crippen LogP contribution in [0.1, 0.15) is 18.9 Å². The quantitative estimate of drug-likeness (QED) is 0.651. The van der Waals surface area contributed by atoms with Gasteiger partial charge in [-0.2, -0.15) is 0 Å². The number of amides is 1. The lowest BCUT2D eigenvalue weighted by molar-refractivity contribution is -0.140. The first-order valence-corrected chi connectivity index (χ1v) is 11.6. The normalized spacial score (nSPS) is 19.0. The Hall–Kier alpha value is -1.83. The molecule has 0 aliphatic carbocycles. The number of halogens is 3. The molecule has 0 N–H and O–H groups in total. The van der Waals surface area contributed by atoms with Crippen molar-refractivity contribution in [1.29, 1.82) is 0 Å². The summed E-state index contributed by atoms with van der Waals surface area (Å²) in [6.45, 7) is 1.73. The van der Waals surface area contributed by atoms with Crippen LogP contribution in [0.2, 0.25) is 10.0 Å². The van der Waals surface area contributed by atoms with Crippen LogP contribution in [0.3, 0.4) is 0 Å². The molecule has 1 fully saturated rings. The van der Waals surface area contributed by atoms with Gasteiger partial charge in [0.05, 0.1) is 16.5 Å². The van der Waals surface area contributed by atoms with Crippen LogP contribution in [0.25, 0.3) is 0 Å². The Morgan fingerprint density at radius 1 is 1.24 bits per heavy atom. The summed E-state index contributed by atoms with van der Waals surface area (Å²) >= 11 is 12.0.